The number of aromatic amines is 1. The molecule has 0 bridgehead atoms. The summed E-state index contributed by atoms with van der Waals surface area (Å²) in [5.74, 6) is 0.493. The first kappa shape index (κ1) is 19.7. The van der Waals surface area contributed by atoms with Crippen LogP contribution in [0.15, 0.2) is 71.7 Å². The van der Waals surface area contributed by atoms with Crippen LogP contribution in [0.1, 0.15) is 22.4 Å². The van der Waals surface area contributed by atoms with Crippen molar-refractivity contribution < 1.29 is 13.2 Å². The number of pyridine rings is 2. The van der Waals surface area contributed by atoms with E-state index in [4.69, 9.17) is 0 Å². The van der Waals surface area contributed by atoms with Gasteiger partial charge < -0.3 is 10.3 Å². The van der Waals surface area contributed by atoms with Gasteiger partial charge in [-0.05, 0) is 41.6 Å². The molecule has 0 saturated heterocycles. The third-order valence-electron chi connectivity index (χ3n) is 4.91. The Balaban J connectivity index is 1.76. The first-order valence-corrected chi connectivity index (χ1v) is 9.31. The SMILES string of the molecule is Cc1nc(Nc2cccc(C(F)(F)F)c2)c2ccccc2c1Cc1ccc(=O)[nH]c1. The molecule has 152 valence electrons. The second-order valence-corrected chi connectivity index (χ2v) is 7.01. The lowest BCUT2D eigenvalue weighted by Crippen LogP contribution is -2.07. The van der Waals surface area contributed by atoms with Crippen molar-refractivity contribution in [3.63, 3.8) is 0 Å². The Kier molecular flexibility index (Phi) is 5.03. The molecule has 0 unspecified atom stereocenters. The third-order valence-corrected chi connectivity index (χ3v) is 4.91. The zero-order chi connectivity index (χ0) is 21.3. The number of H-pyrrole nitrogens is 1. The highest BCUT2D eigenvalue weighted by Gasteiger charge is 2.30. The van der Waals surface area contributed by atoms with Gasteiger partial charge in [-0.2, -0.15) is 13.2 Å². The number of aryl methyl sites for hydroxylation is 1. The van der Waals surface area contributed by atoms with Crippen molar-refractivity contribution in [2.24, 2.45) is 0 Å². The molecule has 0 saturated carbocycles. The first-order chi connectivity index (χ1) is 14.3. The zero-order valence-corrected chi connectivity index (χ0v) is 16.0. The summed E-state index contributed by atoms with van der Waals surface area (Å²) in [4.78, 5) is 18.6. The Bertz CT molecular complexity index is 1260. The molecule has 4 nitrogen and oxygen atoms in total. The van der Waals surface area contributed by atoms with Gasteiger partial charge in [-0.3, -0.25) is 4.79 Å². The lowest BCUT2D eigenvalue weighted by molar-refractivity contribution is -0.137. The van der Waals surface area contributed by atoms with Gasteiger partial charge in [-0.15, -0.1) is 0 Å². The van der Waals surface area contributed by atoms with E-state index < -0.39 is 11.7 Å². The second-order valence-electron chi connectivity index (χ2n) is 7.01. The molecule has 30 heavy (non-hydrogen) atoms. The molecule has 2 N–H and O–H groups in total. The number of alkyl halides is 3. The van der Waals surface area contributed by atoms with Crippen molar-refractivity contribution in [3.05, 3.63) is 99.6 Å². The van der Waals surface area contributed by atoms with Crippen LogP contribution in [0.25, 0.3) is 10.8 Å². The number of rotatable bonds is 4. The van der Waals surface area contributed by atoms with Crippen LogP contribution in [0.2, 0.25) is 0 Å². The van der Waals surface area contributed by atoms with E-state index in [0.29, 0.717) is 17.9 Å². The van der Waals surface area contributed by atoms with Gasteiger partial charge in [0.1, 0.15) is 5.82 Å². The number of hydrogen-bond donors (Lipinski definition) is 2. The largest absolute Gasteiger partial charge is 0.416 e. The topological polar surface area (TPSA) is 57.8 Å². The van der Waals surface area contributed by atoms with E-state index >= 15 is 0 Å². The van der Waals surface area contributed by atoms with Crippen LogP contribution in [-0.2, 0) is 12.6 Å². The number of anilines is 2. The molecule has 0 atom stereocenters. The van der Waals surface area contributed by atoms with Crippen LogP contribution in [0.4, 0.5) is 24.7 Å². The summed E-state index contributed by atoms with van der Waals surface area (Å²) in [6, 6.07) is 15.9. The molecule has 2 aromatic heterocycles. The van der Waals surface area contributed by atoms with Crippen LogP contribution in [0.3, 0.4) is 0 Å². The Hall–Kier alpha value is -3.61. The van der Waals surface area contributed by atoms with E-state index in [2.05, 4.69) is 15.3 Å². The molecular weight excluding hydrogens is 391 g/mol. The number of hydrogen-bond acceptors (Lipinski definition) is 3. The predicted octanol–water partition coefficient (Wildman–Crippen LogP) is 5.58. The van der Waals surface area contributed by atoms with Crippen molar-refractivity contribution in [3.8, 4) is 0 Å². The van der Waals surface area contributed by atoms with E-state index in [1.807, 2.05) is 31.2 Å². The minimum atomic E-state index is -4.41. The molecule has 7 heteroatoms. The lowest BCUT2D eigenvalue weighted by atomic mass is 9.98. The summed E-state index contributed by atoms with van der Waals surface area (Å²) in [5.41, 5.74) is 2.11. The van der Waals surface area contributed by atoms with E-state index in [9.17, 15) is 18.0 Å². The van der Waals surface area contributed by atoms with Crippen molar-refractivity contribution in [2.45, 2.75) is 19.5 Å². The predicted molar refractivity (Wildman–Crippen MR) is 111 cm³/mol. The number of aromatic nitrogens is 2. The second kappa shape index (κ2) is 7.67. The average Bonchev–Trinajstić information content (AvgIpc) is 2.72. The number of fused-ring (bicyclic) bond motifs is 1. The summed E-state index contributed by atoms with van der Waals surface area (Å²) >= 11 is 0. The van der Waals surface area contributed by atoms with Gasteiger partial charge in [-0.1, -0.05) is 36.4 Å². The fraction of sp³-hybridized carbons (Fsp3) is 0.130. The van der Waals surface area contributed by atoms with Gasteiger partial charge in [0.05, 0.1) is 5.56 Å². The highest BCUT2D eigenvalue weighted by atomic mass is 19.4. The number of nitrogens with zero attached hydrogens (tertiary/aromatic N) is 1. The summed E-state index contributed by atoms with van der Waals surface area (Å²) < 4.78 is 39.1. The van der Waals surface area contributed by atoms with Gasteiger partial charge in [0.15, 0.2) is 0 Å². The normalized spacial score (nSPS) is 11.6. The maximum Gasteiger partial charge on any atom is 0.416 e. The van der Waals surface area contributed by atoms with Crippen LogP contribution in [0.5, 0.6) is 0 Å². The summed E-state index contributed by atoms with van der Waals surface area (Å²) in [6.07, 6.45) is -2.17. The summed E-state index contributed by atoms with van der Waals surface area (Å²) in [5, 5.41) is 4.80. The summed E-state index contributed by atoms with van der Waals surface area (Å²) in [6.45, 7) is 1.87. The fourth-order valence-electron chi connectivity index (χ4n) is 3.43. The average molecular weight is 409 g/mol. The number of nitrogens with one attached hydrogen (secondary N) is 2. The van der Waals surface area contributed by atoms with Crippen LogP contribution < -0.4 is 10.9 Å². The van der Waals surface area contributed by atoms with Crippen molar-refractivity contribution in [1.82, 2.24) is 9.97 Å². The number of halogens is 3. The molecule has 0 aliphatic rings. The molecule has 2 aromatic carbocycles. The quantitative estimate of drug-likeness (QED) is 0.462. The molecule has 0 fully saturated rings. The maximum absolute atomic E-state index is 13.0. The van der Waals surface area contributed by atoms with Crippen LogP contribution in [-0.4, -0.2) is 9.97 Å². The monoisotopic (exact) mass is 409 g/mol. The molecule has 0 radical (unpaired) electrons. The van der Waals surface area contributed by atoms with Gasteiger partial charge in [-0.25, -0.2) is 4.98 Å². The molecular formula is C23H18F3N3O. The molecule has 4 rings (SSSR count). The fourth-order valence-corrected chi connectivity index (χ4v) is 3.43. The van der Waals surface area contributed by atoms with Crippen LogP contribution in [0, 0.1) is 6.92 Å². The van der Waals surface area contributed by atoms with Gasteiger partial charge in [0, 0.05) is 35.5 Å². The zero-order valence-electron chi connectivity index (χ0n) is 16.0. The minimum Gasteiger partial charge on any atom is -0.340 e. The first-order valence-electron chi connectivity index (χ1n) is 9.31. The molecule has 2 heterocycles. The molecule has 4 aromatic rings. The Morgan fingerprint density at radius 3 is 2.47 bits per heavy atom. The van der Waals surface area contributed by atoms with Gasteiger partial charge >= 0.3 is 6.18 Å². The molecule has 0 aliphatic carbocycles. The smallest absolute Gasteiger partial charge is 0.340 e. The van der Waals surface area contributed by atoms with Gasteiger partial charge in [0.25, 0.3) is 0 Å². The summed E-state index contributed by atoms with van der Waals surface area (Å²) in [7, 11) is 0. The standard InChI is InChI=1S/C23H18F3N3O/c1-14-20(11-15-9-10-21(30)27-13-15)18-7-2-3-8-19(18)22(28-14)29-17-6-4-5-16(12-17)23(24,25)26/h2-10,12-13H,11H2,1H3,(H,27,30)(H,28,29). The highest BCUT2D eigenvalue weighted by Crippen LogP contribution is 2.33. The Labute approximate surface area is 170 Å². The van der Waals surface area contributed by atoms with E-state index in [0.717, 1.165) is 39.7 Å². The van der Waals surface area contributed by atoms with E-state index in [1.54, 1.807) is 18.3 Å². The minimum absolute atomic E-state index is 0.168. The lowest BCUT2D eigenvalue weighted by Gasteiger charge is -2.16. The molecule has 0 amide bonds. The Morgan fingerprint density at radius 2 is 1.77 bits per heavy atom. The maximum atomic E-state index is 13.0. The van der Waals surface area contributed by atoms with Crippen molar-refractivity contribution in [1.29, 1.82) is 0 Å². The molecule has 0 spiro atoms. The Morgan fingerprint density at radius 1 is 1.00 bits per heavy atom. The highest BCUT2D eigenvalue weighted by molar-refractivity contribution is 5.96. The number of benzene rings is 2. The van der Waals surface area contributed by atoms with E-state index in [1.165, 1.54) is 12.1 Å². The van der Waals surface area contributed by atoms with E-state index in [-0.39, 0.29) is 5.56 Å². The van der Waals surface area contributed by atoms with Crippen molar-refractivity contribution >= 4 is 22.3 Å². The van der Waals surface area contributed by atoms with Crippen LogP contribution >= 0.6 is 0 Å². The van der Waals surface area contributed by atoms with Crippen molar-refractivity contribution in [2.75, 3.05) is 5.32 Å². The van der Waals surface area contributed by atoms with Gasteiger partial charge in [0.2, 0.25) is 5.56 Å². The molecule has 0 aliphatic heterocycles. The third kappa shape index (κ3) is 4.05.